The van der Waals surface area contributed by atoms with Crippen LogP contribution in [0, 0.1) is 0 Å². The predicted molar refractivity (Wildman–Crippen MR) is 66.7 cm³/mol. The van der Waals surface area contributed by atoms with Gasteiger partial charge in [0.1, 0.15) is 0 Å². The van der Waals surface area contributed by atoms with Crippen molar-refractivity contribution in [3.8, 4) is 0 Å². The van der Waals surface area contributed by atoms with E-state index in [2.05, 4.69) is 16.5 Å². The Morgan fingerprint density at radius 2 is 1.41 bits per heavy atom. The Labute approximate surface area is 101 Å². The van der Waals surface area contributed by atoms with Crippen LogP contribution < -0.4 is 0 Å². The standard InChI is InChI=1S/C13H11NO2S/c15-17(16)14-13-8-6-12(7-9-13)10-11-4-2-1-3-5-11/h1-9H,10H2. The van der Waals surface area contributed by atoms with Crippen LogP contribution in [0.25, 0.3) is 0 Å². The second kappa shape index (κ2) is 5.41. The number of hydrogen-bond donors (Lipinski definition) is 0. The molecule has 86 valence electrons. The molecule has 2 aromatic rings. The average Bonchev–Trinajstić information content (AvgIpc) is 2.32. The molecule has 0 N–H and O–H groups in total. The fraction of sp³-hybridized carbons (Fsp3) is 0.0769. The zero-order chi connectivity index (χ0) is 12.1. The van der Waals surface area contributed by atoms with Crippen molar-refractivity contribution in [1.82, 2.24) is 0 Å². The van der Waals surface area contributed by atoms with Gasteiger partial charge in [0.05, 0.1) is 5.69 Å². The van der Waals surface area contributed by atoms with Crippen molar-refractivity contribution < 1.29 is 8.42 Å². The van der Waals surface area contributed by atoms with Gasteiger partial charge in [-0.1, -0.05) is 42.5 Å². The molecule has 0 aliphatic heterocycles. The highest BCUT2D eigenvalue weighted by atomic mass is 32.2. The Morgan fingerprint density at radius 1 is 0.824 bits per heavy atom. The lowest BCUT2D eigenvalue weighted by Crippen LogP contribution is -1.86. The zero-order valence-electron chi connectivity index (χ0n) is 9.08. The largest absolute Gasteiger partial charge is 0.316 e. The first-order chi connectivity index (χ1) is 8.24. The molecule has 0 fully saturated rings. The number of nitrogens with zero attached hydrogens (tertiary/aromatic N) is 1. The van der Waals surface area contributed by atoms with Gasteiger partial charge >= 0.3 is 10.5 Å². The van der Waals surface area contributed by atoms with Crippen LogP contribution in [-0.2, 0) is 16.9 Å². The van der Waals surface area contributed by atoms with Crippen molar-refractivity contribution in [3.05, 3.63) is 65.7 Å². The minimum absolute atomic E-state index is 0.454. The summed E-state index contributed by atoms with van der Waals surface area (Å²) >= 11 is 0. The molecule has 2 aromatic carbocycles. The van der Waals surface area contributed by atoms with Gasteiger partial charge in [-0.25, -0.2) is 0 Å². The summed E-state index contributed by atoms with van der Waals surface area (Å²) in [5.74, 6) is 0. The Balaban J connectivity index is 2.17. The Kier molecular flexibility index (Phi) is 3.67. The topological polar surface area (TPSA) is 46.5 Å². The van der Waals surface area contributed by atoms with E-state index >= 15 is 0 Å². The molecule has 0 bridgehead atoms. The maximum Gasteiger partial charge on any atom is 0.316 e. The van der Waals surface area contributed by atoms with Crippen LogP contribution in [-0.4, -0.2) is 8.42 Å². The van der Waals surface area contributed by atoms with E-state index in [4.69, 9.17) is 0 Å². The Hall–Kier alpha value is -1.94. The molecule has 0 radical (unpaired) electrons. The van der Waals surface area contributed by atoms with E-state index in [1.54, 1.807) is 12.1 Å². The molecule has 0 aromatic heterocycles. The molecule has 0 aliphatic rings. The first-order valence-corrected chi connectivity index (χ1v) is 6.21. The van der Waals surface area contributed by atoms with Crippen molar-refractivity contribution in [2.45, 2.75) is 6.42 Å². The summed E-state index contributed by atoms with van der Waals surface area (Å²) in [7, 11) is -2.39. The van der Waals surface area contributed by atoms with E-state index in [1.807, 2.05) is 30.3 Å². The second-order valence-corrected chi connectivity index (χ2v) is 4.25. The first-order valence-electron chi connectivity index (χ1n) is 5.18. The van der Waals surface area contributed by atoms with E-state index in [0.717, 1.165) is 12.0 Å². The summed E-state index contributed by atoms with van der Waals surface area (Å²) in [6, 6.07) is 17.3. The fourth-order valence-electron chi connectivity index (χ4n) is 1.59. The summed E-state index contributed by atoms with van der Waals surface area (Å²) in [4.78, 5) is 0. The van der Waals surface area contributed by atoms with E-state index in [0.29, 0.717) is 5.69 Å². The van der Waals surface area contributed by atoms with Gasteiger partial charge in [-0.3, -0.25) is 0 Å². The van der Waals surface area contributed by atoms with Crippen LogP contribution in [0.2, 0.25) is 0 Å². The summed E-state index contributed by atoms with van der Waals surface area (Å²) < 4.78 is 24.2. The fourth-order valence-corrected chi connectivity index (χ4v) is 1.89. The van der Waals surface area contributed by atoms with Crippen molar-refractivity contribution in [2.24, 2.45) is 4.36 Å². The molecule has 2 rings (SSSR count). The lowest BCUT2D eigenvalue weighted by Gasteiger charge is -2.01. The van der Waals surface area contributed by atoms with Gasteiger partial charge < -0.3 is 0 Å². The van der Waals surface area contributed by atoms with Crippen LogP contribution in [0.1, 0.15) is 11.1 Å². The molecule has 0 unspecified atom stereocenters. The van der Waals surface area contributed by atoms with Gasteiger partial charge in [-0.15, -0.1) is 4.36 Å². The van der Waals surface area contributed by atoms with Crippen LogP contribution >= 0.6 is 0 Å². The van der Waals surface area contributed by atoms with Crippen LogP contribution in [0.15, 0.2) is 59.0 Å². The maximum absolute atomic E-state index is 10.4. The van der Waals surface area contributed by atoms with Gasteiger partial charge in [0.25, 0.3) is 0 Å². The van der Waals surface area contributed by atoms with Crippen molar-refractivity contribution in [2.75, 3.05) is 0 Å². The number of hydrogen-bond acceptors (Lipinski definition) is 3. The molecule has 0 atom stereocenters. The average molecular weight is 245 g/mol. The number of rotatable bonds is 3. The third-order valence-corrected chi connectivity index (χ3v) is 2.73. The van der Waals surface area contributed by atoms with Gasteiger partial charge in [0, 0.05) is 0 Å². The molecule has 0 saturated carbocycles. The SMILES string of the molecule is O=S(=O)=Nc1ccc(Cc2ccccc2)cc1. The molecular formula is C13H11NO2S. The molecule has 3 nitrogen and oxygen atoms in total. The highest BCUT2D eigenvalue weighted by molar-refractivity contribution is 7.61. The molecule has 0 spiro atoms. The van der Waals surface area contributed by atoms with Gasteiger partial charge in [0.15, 0.2) is 0 Å². The summed E-state index contributed by atoms with van der Waals surface area (Å²) in [5, 5.41) is 0. The van der Waals surface area contributed by atoms with Gasteiger partial charge in [-0.05, 0) is 29.7 Å². The monoisotopic (exact) mass is 245 g/mol. The second-order valence-electron chi connectivity index (χ2n) is 3.64. The van der Waals surface area contributed by atoms with Gasteiger partial charge in [0.2, 0.25) is 0 Å². The summed E-state index contributed by atoms with van der Waals surface area (Å²) in [6.45, 7) is 0. The molecule has 17 heavy (non-hydrogen) atoms. The molecule has 0 aliphatic carbocycles. The molecule has 4 heteroatoms. The third-order valence-electron chi connectivity index (χ3n) is 2.37. The van der Waals surface area contributed by atoms with Crippen LogP contribution in [0.3, 0.4) is 0 Å². The van der Waals surface area contributed by atoms with Crippen molar-refractivity contribution in [3.63, 3.8) is 0 Å². The molecule has 0 amide bonds. The highest BCUT2D eigenvalue weighted by Gasteiger charge is 1.96. The normalized spacial score (nSPS) is 9.88. The highest BCUT2D eigenvalue weighted by Crippen LogP contribution is 2.15. The molecule has 0 saturated heterocycles. The van der Waals surface area contributed by atoms with Gasteiger partial charge in [-0.2, -0.15) is 8.42 Å². The quantitative estimate of drug-likeness (QED) is 0.834. The van der Waals surface area contributed by atoms with E-state index in [-0.39, 0.29) is 0 Å². The first kappa shape index (κ1) is 11.5. The van der Waals surface area contributed by atoms with Crippen LogP contribution in [0.5, 0.6) is 0 Å². The lowest BCUT2D eigenvalue weighted by molar-refractivity contribution is 0.622. The third kappa shape index (κ3) is 3.53. The summed E-state index contributed by atoms with van der Waals surface area (Å²) in [5.41, 5.74) is 2.81. The summed E-state index contributed by atoms with van der Waals surface area (Å²) in [6.07, 6.45) is 0.835. The Bertz CT molecular complexity index is 608. The van der Waals surface area contributed by atoms with E-state index < -0.39 is 10.5 Å². The molecular weight excluding hydrogens is 234 g/mol. The minimum Gasteiger partial charge on any atom is -0.163 e. The van der Waals surface area contributed by atoms with E-state index in [9.17, 15) is 8.42 Å². The van der Waals surface area contributed by atoms with Crippen molar-refractivity contribution in [1.29, 1.82) is 0 Å². The maximum atomic E-state index is 10.4. The Morgan fingerprint density at radius 3 is 2.00 bits per heavy atom. The predicted octanol–water partition coefficient (Wildman–Crippen LogP) is 2.97. The van der Waals surface area contributed by atoms with Crippen LogP contribution in [0.4, 0.5) is 5.69 Å². The van der Waals surface area contributed by atoms with Crippen molar-refractivity contribution >= 4 is 16.2 Å². The lowest BCUT2D eigenvalue weighted by atomic mass is 10.1. The minimum atomic E-state index is -2.39. The number of benzene rings is 2. The zero-order valence-corrected chi connectivity index (χ0v) is 9.89. The molecule has 0 heterocycles. The smallest absolute Gasteiger partial charge is 0.163 e. The van der Waals surface area contributed by atoms with E-state index in [1.165, 1.54) is 5.56 Å².